The molecule has 20 aromatic rings. The third kappa shape index (κ3) is 12.0. The topological polar surface area (TPSA) is 67.9 Å². The van der Waals surface area contributed by atoms with E-state index in [0.717, 1.165) is 79.2 Å². The molecule has 0 spiro atoms. The van der Waals surface area contributed by atoms with Gasteiger partial charge in [-0.05, 0) is 108 Å². The van der Waals surface area contributed by atoms with Gasteiger partial charge in [0.1, 0.15) is 24.0 Å². The van der Waals surface area contributed by atoms with Gasteiger partial charge < -0.3 is 18.9 Å². The van der Waals surface area contributed by atoms with Gasteiger partial charge in [-0.25, -0.2) is 18.7 Å². The van der Waals surface area contributed by atoms with Crippen molar-refractivity contribution >= 4 is 177 Å². The molecular weight excluding hydrogens is 1680 g/mol. The number of alkyl halides is 2. The molecule has 22 rings (SSSR count). The molecule has 6 aromatic heterocycles. The number of aryl methyl sites for hydroxylation is 2. The summed E-state index contributed by atoms with van der Waals surface area (Å²) < 4.78 is 43.0. The van der Waals surface area contributed by atoms with E-state index in [1.54, 1.807) is 23.5 Å². The summed E-state index contributed by atoms with van der Waals surface area (Å²) in [7, 11) is -1.97. The third-order valence-electron chi connectivity index (χ3n) is 22.8. The van der Waals surface area contributed by atoms with Crippen LogP contribution < -0.4 is 51.3 Å². The fourth-order valence-corrected chi connectivity index (χ4v) is 30.1. The first-order valence-electron chi connectivity index (χ1n) is 38.0. The van der Waals surface area contributed by atoms with Crippen LogP contribution in [0.2, 0.25) is 0 Å². The summed E-state index contributed by atoms with van der Waals surface area (Å²) in [5.41, 5.74) is 10.5. The maximum Gasteiger partial charge on any atom is 2.00 e. The Morgan fingerprint density at radius 3 is 1.12 bits per heavy atom. The van der Waals surface area contributed by atoms with Gasteiger partial charge in [0.25, 0.3) is 0 Å². The van der Waals surface area contributed by atoms with Crippen LogP contribution >= 0.6 is 22.7 Å². The van der Waals surface area contributed by atoms with Crippen molar-refractivity contribution in [2.24, 2.45) is 14.1 Å². The number of hydrogen-bond donors (Lipinski definition) is 0. The Hall–Kier alpha value is -12.0. The fraction of sp³-hybridized carbons (Fsp3) is 0.0400. The zero-order valence-corrected chi connectivity index (χ0v) is 69.2. The molecule has 0 fully saturated rings. The van der Waals surface area contributed by atoms with Crippen molar-refractivity contribution in [1.82, 2.24) is 29.1 Å². The van der Waals surface area contributed by atoms with Crippen LogP contribution in [0.1, 0.15) is 34.6 Å². The number of benzene rings is 14. The van der Waals surface area contributed by atoms with E-state index in [9.17, 15) is 0 Å². The molecule has 8 nitrogen and oxygen atoms in total. The number of hydrogen-bond acceptors (Lipinski definition) is 8. The maximum atomic E-state index is 17.0. The van der Waals surface area contributed by atoms with Crippen LogP contribution in [0.5, 0.6) is 0 Å². The van der Waals surface area contributed by atoms with E-state index in [1.165, 1.54) is 81.8 Å². The zero-order chi connectivity index (χ0) is 76.2. The number of thiophene rings is 2. The summed E-state index contributed by atoms with van der Waals surface area (Å²) in [5, 5.41) is 14.9. The Bertz CT molecular complexity index is 7060. The molecule has 2 atom stereocenters. The molecule has 0 saturated heterocycles. The Morgan fingerprint density at radius 1 is 0.319 bits per heavy atom. The van der Waals surface area contributed by atoms with Crippen molar-refractivity contribution in [2.45, 2.75) is 12.3 Å². The van der Waals surface area contributed by atoms with Gasteiger partial charge in [-0.3, -0.25) is 9.97 Å². The summed E-state index contributed by atoms with van der Waals surface area (Å²) in [4.78, 5) is 24.5. The first kappa shape index (κ1) is 74.1. The van der Waals surface area contributed by atoms with Crippen LogP contribution in [0.4, 0.5) is 43.2 Å². The molecule has 2 unspecified atom stereocenters. The number of aromatic nitrogens is 6. The number of anilines is 6. The van der Waals surface area contributed by atoms with Crippen LogP contribution in [0.15, 0.2) is 352 Å². The Labute approximate surface area is 707 Å². The van der Waals surface area contributed by atoms with Crippen LogP contribution in [0, 0.1) is 24.3 Å². The summed E-state index contributed by atoms with van der Waals surface area (Å²) >= 11 is 3.63. The minimum Gasteiger partial charge on any atom is -0.367 e. The van der Waals surface area contributed by atoms with Crippen molar-refractivity contribution in [2.75, 3.05) is 9.80 Å². The smallest absolute Gasteiger partial charge is 0.367 e. The average Bonchev–Trinajstić information content (AvgIpc) is 0.991. The molecule has 2 aliphatic rings. The van der Waals surface area contributed by atoms with Crippen molar-refractivity contribution in [3.63, 3.8) is 0 Å². The van der Waals surface area contributed by atoms with Crippen LogP contribution in [0.3, 0.4) is 0 Å². The Morgan fingerprint density at radius 2 is 0.681 bits per heavy atom. The SMILES string of the molecule is Cn1c(-c2[c-]c(C(F)c3[c-]c(N4c5cc6c(cc5[Si](c5ccccc5)(c5ccccc5)c5cccnc54)sc4ccccc46)ccc3)ccc2)nc2ccccc21.Cn1c(-c2[c-]c(C(F)c3[c-]c(N4c5cc6sc7ccccc7c6cc5[Si](c5ccccc5)(c5ccccc5)c5cccnc54)ccc3)ccc2)nc2ccccc21.[Pd+2].[Pd+2]. The average molecular weight is 1750 g/mol. The summed E-state index contributed by atoms with van der Waals surface area (Å²) in [6, 6.07) is 132. The predicted octanol–water partition coefficient (Wildman–Crippen LogP) is 19.6. The van der Waals surface area contributed by atoms with E-state index in [-0.39, 0.29) is 40.8 Å². The number of halogens is 2. The van der Waals surface area contributed by atoms with Crippen molar-refractivity contribution in [3.8, 4) is 22.8 Å². The molecule has 0 aliphatic carbocycles. The van der Waals surface area contributed by atoms with E-state index < -0.39 is 28.5 Å². The van der Waals surface area contributed by atoms with E-state index in [0.29, 0.717) is 22.3 Å². The van der Waals surface area contributed by atoms with Crippen molar-refractivity contribution < 1.29 is 49.6 Å². The minimum atomic E-state index is -2.97. The number of imidazole rings is 2. The zero-order valence-electron chi connectivity index (χ0n) is 62.4. The van der Waals surface area contributed by atoms with Crippen LogP contribution in [-0.2, 0) is 54.9 Å². The second-order valence-corrected chi connectivity index (χ2v) is 38.7. The van der Waals surface area contributed by atoms with Gasteiger partial charge in [-0.1, -0.05) is 223 Å². The van der Waals surface area contributed by atoms with Gasteiger partial charge in [-0.2, -0.15) is 36.4 Å². The Kier molecular flexibility index (Phi) is 19.4. The molecule has 0 radical (unpaired) electrons. The van der Waals surface area contributed by atoms with Crippen LogP contribution in [-0.4, -0.2) is 45.2 Å². The van der Waals surface area contributed by atoms with E-state index in [2.05, 4.69) is 252 Å². The number of para-hydroxylation sites is 4. The molecule has 0 N–H and O–H groups in total. The molecule has 16 heteroatoms. The quantitative estimate of drug-likeness (QED) is 0.0897. The summed E-state index contributed by atoms with van der Waals surface area (Å²) in [6.07, 6.45) is 0.790. The molecular formula is C100H66F2N8Pd2S2Si2. The van der Waals surface area contributed by atoms with Gasteiger partial charge in [0.15, 0.2) is 16.1 Å². The monoisotopic (exact) mass is 1750 g/mol. The molecule has 2 aliphatic heterocycles. The van der Waals surface area contributed by atoms with E-state index in [1.807, 2.05) is 156 Å². The van der Waals surface area contributed by atoms with E-state index >= 15 is 8.78 Å². The summed E-state index contributed by atoms with van der Waals surface area (Å²) in [6.45, 7) is 0. The largest absolute Gasteiger partial charge is 2.00 e. The predicted molar refractivity (Wildman–Crippen MR) is 472 cm³/mol. The van der Waals surface area contributed by atoms with Crippen molar-refractivity contribution in [3.05, 3.63) is 399 Å². The second-order valence-electron chi connectivity index (χ2n) is 29.0. The van der Waals surface area contributed by atoms with Crippen molar-refractivity contribution in [1.29, 1.82) is 0 Å². The molecule has 116 heavy (non-hydrogen) atoms. The number of rotatable bonds is 12. The van der Waals surface area contributed by atoms with Gasteiger partial charge in [0.2, 0.25) is 0 Å². The van der Waals surface area contributed by atoms with Crippen LogP contribution in [0.25, 0.3) is 85.2 Å². The number of pyridine rings is 2. The van der Waals surface area contributed by atoms with Gasteiger partial charge >= 0.3 is 40.8 Å². The number of nitrogens with zero attached hydrogens (tertiary/aromatic N) is 8. The number of fused-ring (bicyclic) bond motifs is 12. The molecule has 0 amide bonds. The minimum absolute atomic E-state index is 0. The van der Waals surface area contributed by atoms with Gasteiger partial charge in [0, 0.05) is 78.2 Å². The van der Waals surface area contributed by atoms with Gasteiger partial charge in [0.05, 0.1) is 33.7 Å². The standard InChI is InChI=1S/2C50H33FN4SSi.2Pd/c1-54-42-25-10-9-24-41(42)53-49(54)35-17-12-15-33(29-35)48(51)34-16-13-18-36(30-34)55-43-32-45-40(39-23-8-11-26-44(39)56-45)31-47(43)57(37-19-4-2-5-20-37,38-21-6-3-7-22-38)46-27-14-28-52-50(46)55;1-54-42-25-10-9-24-41(42)53-49(54)35-17-12-15-33(29-35)48(51)34-16-13-18-36(30-34)55-43-31-40-39-23-8-11-26-44(39)56-45(40)32-47(43)57(37-19-4-2-5-20-37,38-21-6-3-7-22-38)46-27-14-28-52-50(46)55;;/h2*2-28,31-32,48H,1H3;;/q2*-2;2*+2. The normalized spacial score (nSPS) is 13.6. The molecule has 0 saturated carbocycles. The Balaban J connectivity index is 0.000000152. The second kappa shape index (κ2) is 30.3. The third-order valence-corrected chi connectivity index (χ3v) is 34.7. The molecule has 14 aromatic carbocycles. The summed E-state index contributed by atoms with van der Waals surface area (Å²) in [5.74, 6) is 3.16. The molecule has 560 valence electrons. The maximum absolute atomic E-state index is 17.0. The molecule has 8 heterocycles. The fourth-order valence-electron chi connectivity index (χ4n) is 17.7. The van der Waals surface area contributed by atoms with E-state index in [4.69, 9.17) is 19.9 Å². The van der Waals surface area contributed by atoms with Gasteiger partial charge in [-0.15, -0.1) is 106 Å². The molecule has 0 bridgehead atoms. The first-order valence-corrected chi connectivity index (χ1v) is 43.7. The first-order chi connectivity index (χ1) is 56.2.